The second-order valence-electron chi connectivity index (χ2n) is 3.78. The van der Waals surface area contributed by atoms with Crippen LogP contribution in [0.25, 0.3) is 0 Å². The Morgan fingerprint density at radius 3 is 2.32 bits per heavy atom. The van der Waals surface area contributed by atoms with Crippen LogP contribution in [0.15, 0.2) is 36.4 Å². The highest BCUT2D eigenvalue weighted by molar-refractivity contribution is 6.41. The molecule has 0 N–H and O–H groups in total. The molecule has 0 bridgehead atoms. The summed E-state index contributed by atoms with van der Waals surface area (Å²) >= 11 is 11.9. The van der Waals surface area contributed by atoms with Crippen molar-refractivity contribution >= 4 is 29.0 Å². The first-order valence-electron chi connectivity index (χ1n) is 5.37. The third kappa shape index (κ3) is 2.72. The average Bonchev–Trinajstić information content (AvgIpc) is 2.38. The molecular weight excluding hydrogens is 290 g/mol. The maximum Gasteiger partial charge on any atom is 0.196 e. The second-order valence-corrected chi connectivity index (χ2v) is 4.59. The number of ketones is 1. The van der Waals surface area contributed by atoms with Gasteiger partial charge in [-0.05, 0) is 30.3 Å². The zero-order chi connectivity index (χ0) is 14.0. The molecule has 0 aromatic heterocycles. The lowest BCUT2D eigenvalue weighted by atomic mass is 10.0. The van der Waals surface area contributed by atoms with Crippen LogP contribution in [-0.2, 0) is 0 Å². The normalized spacial score (nSPS) is 10.3. The van der Waals surface area contributed by atoms with Crippen molar-refractivity contribution in [3.63, 3.8) is 0 Å². The van der Waals surface area contributed by atoms with Gasteiger partial charge in [0.15, 0.2) is 17.3 Å². The lowest BCUT2D eigenvalue weighted by Gasteiger charge is -2.07. The molecule has 0 aliphatic heterocycles. The summed E-state index contributed by atoms with van der Waals surface area (Å²) < 4.78 is 18.4. The quantitative estimate of drug-likeness (QED) is 0.787. The van der Waals surface area contributed by atoms with Crippen LogP contribution in [0.2, 0.25) is 10.0 Å². The molecule has 98 valence electrons. The minimum Gasteiger partial charge on any atom is -0.494 e. The molecule has 0 aliphatic carbocycles. The smallest absolute Gasteiger partial charge is 0.196 e. The molecule has 0 aliphatic rings. The van der Waals surface area contributed by atoms with Crippen molar-refractivity contribution in [2.75, 3.05) is 7.11 Å². The molecule has 0 atom stereocenters. The molecule has 2 aromatic carbocycles. The van der Waals surface area contributed by atoms with Crippen LogP contribution >= 0.6 is 23.2 Å². The van der Waals surface area contributed by atoms with Crippen molar-refractivity contribution in [3.05, 3.63) is 63.4 Å². The van der Waals surface area contributed by atoms with Crippen LogP contribution < -0.4 is 4.74 Å². The summed E-state index contributed by atoms with van der Waals surface area (Å²) in [6.07, 6.45) is 0. The number of halogens is 3. The molecule has 19 heavy (non-hydrogen) atoms. The van der Waals surface area contributed by atoms with Gasteiger partial charge in [0.2, 0.25) is 0 Å². The van der Waals surface area contributed by atoms with Crippen LogP contribution in [0.4, 0.5) is 4.39 Å². The standard InChI is InChI=1S/C14H9Cl2FO2/c1-19-12-6-5-8(7-11(12)17)14(18)13-9(15)3-2-4-10(13)16/h2-7H,1H3. The first-order valence-corrected chi connectivity index (χ1v) is 6.12. The van der Waals surface area contributed by atoms with Gasteiger partial charge in [-0.1, -0.05) is 29.3 Å². The van der Waals surface area contributed by atoms with E-state index in [0.717, 1.165) is 6.07 Å². The van der Waals surface area contributed by atoms with E-state index >= 15 is 0 Å². The Kier molecular flexibility index (Phi) is 4.08. The van der Waals surface area contributed by atoms with E-state index in [1.807, 2.05) is 0 Å². The molecule has 2 nitrogen and oxygen atoms in total. The molecule has 2 aromatic rings. The van der Waals surface area contributed by atoms with Crippen molar-refractivity contribution < 1.29 is 13.9 Å². The first-order chi connectivity index (χ1) is 9.04. The van der Waals surface area contributed by atoms with Gasteiger partial charge < -0.3 is 4.74 Å². The van der Waals surface area contributed by atoms with Gasteiger partial charge in [-0.25, -0.2) is 4.39 Å². The third-order valence-electron chi connectivity index (χ3n) is 2.60. The molecule has 5 heteroatoms. The van der Waals surface area contributed by atoms with Gasteiger partial charge in [-0.15, -0.1) is 0 Å². The van der Waals surface area contributed by atoms with Crippen LogP contribution in [0, 0.1) is 5.82 Å². The number of rotatable bonds is 3. The van der Waals surface area contributed by atoms with Gasteiger partial charge >= 0.3 is 0 Å². The molecule has 2 rings (SSSR count). The molecule has 0 unspecified atom stereocenters. The fourth-order valence-corrected chi connectivity index (χ4v) is 2.24. The fourth-order valence-electron chi connectivity index (χ4n) is 1.67. The van der Waals surface area contributed by atoms with Gasteiger partial charge in [0.1, 0.15) is 0 Å². The summed E-state index contributed by atoms with van der Waals surface area (Å²) in [5, 5.41) is 0.461. The van der Waals surface area contributed by atoms with Crippen molar-refractivity contribution in [2.45, 2.75) is 0 Å². The second kappa shape index (κ2) is 5.59. The maximum atomic E-state index is 13.6. The van der Waals surface area contributed by atoms with E-state index in [2.05, 4.69) is 0 Å². The van der Waals surface area contributed by atoms with Crippen LogP contribution in [0.3, 0.4) is 0 Å². The van der Waals surface area contributed by atoms with Gasteiger partial charge in [-0.2, -0.15) is 0 Å². The maximum absolute atomic E-state index is 13.6. The van der Waals surface area contributed by atoms with E-state index in [0.29, 0.717) is 0 Å². The number of hydrogen-bond donors (Lipinski definition) is 0. The van der Waals surface area contributed by atoms with Gasteiger partial charge in [0.05, 0.1) is 22.7 Å². The SMILES string of the molecule is COc1ccc(C(=O)c2c(Cl)cccc2Cl)cc1F. The number of methoxy groups -OCH3 is 1. The molecule has 0 spiro atoms. The van der Waals surface area contributed by atoms with Gasteiger partial charge in [-0.3, -0.25) is 4.79 Å². The fraction of sp³-hybridized carbons (Fsp3) is 0.0714. The molecule has 0 saturated heterocycles. The van der Waals surface area contributed by atoms with Crippen LogP contribution in [-0.4, -0.2) is 12.9 Å². The van der Waals surface area contributed by atoms with E-state index in [4.69, 9.17) is 27.9 Å². The summed E-state index contributed by atoms with van der Waals surface area (Å²) in [6.45, 7) is 0. The number of ether oxygens (including phenoxy) is 1. The van der Waals surface area contributed by atoms with E-state index < -0.39 is 11.6 Å². The average molecular weight is 299 g/mol. The Labute approximate surface area is 119 Å². The minimum atomic E-state index is -0.614. The Balaban J connectivity index is 2.48. The van der Waals surface area contributed by atoms with E-state index in [9.17, 15) is 9.18 Å². The summed E-state index contributed by atoms with van der Waals surface area (Å²) in [6, 6.07) is 8.69. The number of hydrogen-bond acceptors (Lipinski definition) is 2. The molecule has 0 amide bonds. The van der Waals surface area contributed by atoms with Gasteiger partial charge in [0.25, 0.3) is 0 Å². The van der Waals surface area contributed by atoms with E-state index in [1.165, 1.54) is 19.2 Å². The van der Waals surface area contributed by atoms with Crippen molar-refractivity contribution in [1.29, 1.82) is 0 Å². The number of carbonyl (C=O) groups is 1. The lowest BCUT2D eigenvalue weighted by Crippen LogP contribution is -2.04. The predicted molar refractivity (Wildman–Crippen MR) is 72.8 cm³/mol. The van der Waals surface area contributed by atoms with Crippen molar-refractivity contribution in [3.8, 4) is 5.75 Å². The first kappa shape index (κ1) is 13.8. The highest BCUT2D eigenvalue weighted by atomic mass is 35.5. The summed E-state index contributed by atoms with van der Waals surface area (Å²) in [7, 11) is 1.35. The Bertz CT molecular complexity index is 621. The molecule has 0 fully saturated rings. The highest BCUT2D eigenvalue weighted by Crippen LogP contribution is 2.28. The highest BCUT2D eigenvalue weighted by Gasteiger charge is 2.17. The summed E-state index contributed by atoms with van der Waals surface area (Å²) in [5.74, 6) is -0.976. The van der Waals surface area contributed by atoms with Crippen LogP contribution in [0.5, 0.6) is 5.75 Å². The predicted octanol–water partition coefficient (Wildman–Crippen LogP) is 4.37. The summed E-state index contributed by atoms with van der Waals surface area (Å²) in [5.41, 5.74) is 0.323. The van der Waals surface area contributed by atoms with E-state index in [-0.39, 0.29) is 26.9 Å². The lowest BCUT2D eigenvalue weighted by molar-refractivity contribution is 0.103. The topological polar surface area (TPSA) is 26.3 Å². The zero-order valence-electron chi connectivity index (χ0n) is 9.91. The Morgan fingerprint density at radius 1 is 1.16 bits per heavy atom. The van der Waals surface area contributed by atoms with Crippen molar-refractivity contribution in [2.24, 2.45) is 0 Å². The number of carbonyl (C=O) groups excluding carboxylic acids is 1. The zero-order valence-corrected chi connectivity index (χ0v) is 11.4. The van der Waals surface area contributed by atoms with Gasteiger partial charge in [0, 0.05) is 5.56 Å². The molecule has 0 radical (unpaired) electrons. The van der Waals surface area contributed by atoms with E-state index in [1.54, 1.807) is 18.2 Å². The number of benzene rings is 2. The van der Waals surface area contributed by atoms with Crippen LogP contribution in [0.1, 0.15) is 15.9 Å². The largest absolute Gasteiger partial charge is 0.494 e. The third-order valence-corrected chi connectivity index (χ3v) is 3.23. The molecule has 0 heterocycles. The molecular formula is C14H9Cl2FO2. The minimum absolute atomic E-state index is 0.0711. The summed E-state index contributed by atoms with van der Waals surface area (Å²) in [4.78, 5) is 12.3. The molecule has 0 saturated carbocycles. The van der Waals surface area contributed by atoms with Crippen molar-refractivity contribution in [1.82, 2.24) is 0 Å². The monoisotopic (exact) mass is 298 g/mol. The Morgan fingerprint density at radius 2 is 1.79 bits per heavy atom. The Hall–Kier alpha value is -1.58.